The zero-order chi connectivity index (χ0) is 36.3. The van der Waals surface area contributed by atoms with Gasteiger partial charge >= 0.3 is 18.1 Å². The smallest absolute Gasteiger partial charge is 0.432 e. The Morgan fingerprint density at radius 2 is 1.79 bits per heavy atom. The number of benzene rings is 1. The van der Waals surface area contributed by atoms with E-state index in [0.29, 0.717) is 7.11 Å². The summed E-state index contributed by atoms with van der Waals surface area (Å²) in [5.41, 5.74) is -10.7. The van der Waals surface area contributed by atoms with Gasteiger partial charge in [0.15, 0.2) is 17.6 Å². The largest absolute Gasteiger partial charge is 0.469 e. The summed E-state index contributed by atoms with van der Waals surface area (Å²) in [6.45, 7) is 5.69. The van der Waals surface area contributed by atoms with Crippen LogP contribution in [0.5, 0.6) is 0 Å². The number of carbonyl (C=O) groups excluding carboxylic acids is 4. The number of fused-ring (bicyclic) bond motifs is 1. The van der Waals surface area contributed by atoms with E-state index in [1.807, 2.05) is 0 Å². The minimum atomic E-state index is -5.30. The molecule has 1 aromatic carbocycles. The Labute approximate surface area is 276 Å². The number of esters is 2. The highest BCUT2D eigenvalue weighted by molar-refractivity contribution is 6.12. The van der Waals surface area contributed by atoms with Crippen molar-refractivity contribution < 1.29 is 66.6 Å². The second-order valence-electron chi connectivity index (χ2n) is 12.6. The summed E-state index contributed by atoms with van der Waals surface area (Å²) >= 11 is 0. The maximum absolute atomic E-state index is 14.7. The number of nitrogens with one attached hydrogen (secondary N) is 1. The van der Waals surface area contributed by atoms with Crippen LogP contribution in [0.25, 0.3) is 0 Å². The third kappa shape index (κ3) is 7.15. The Morgan fingerprint density at radius 3 is 2.33 bits per heavy atom. The molecule has 2 heterocycles. The fraction of sp³-hybridized carbons (Fsp3) is 0.636. The topological polar surface area (TPSA) is 178 Å². The average Bonchev–Trinajstić information content (AvgIpc) is 3.50. The molecule has 12 nitrogen and oxygen atoms in total. The first-order valence-corrected chi connectivity index (χ1v) is 15.6. The van der Waals surface area contributed by atoms with Crippen LogP contribution in [0.4, 0.5) is 13.2 Å². The summed E-state index contributed by atoms with van der Waals surface area (Å²) in [5.74, 6) is -6.45. The molecule has 3 rings (SSSR count). The summed E-state index contributed by atoms with van der Waals surface area (Å²) in [5, 5.41) is 35.6. The number of ether oxygens (including phenoxy) is 4. The number of methoxy groups -OCH3 is 2. The van der Waals surface area contributed by atoms with E-state index in [1.54, 1.807) is 6.92 Å². The Kier molecular flexibility index (Phi) is 11.9. The van der Waals surface area contributed by atoms with Crippen molar-refractivity contribution in [2.75, 3.05) is 20.8 Å². The molecule has 0 spiro atoms. The van der Waals surface area contributed by atoms with Gasteiger partial charge in [0, 0.05) is 25.0 Å². The summed E-state index contributed by atoms with van der Waals surface area (Å²) < 4.78 is 64.5. The number of hydrogen-bond donors (Lipinski definition) is 4. The predicted molar refractivity (Wildman–Crippen MR) is 162 cm³/mol. The van der Waals surface area contributed by atoms with E-state index in [1.165, 1.54) is 45.0 Å². The molecule has 0 saturated carbocycles. The van der Waals surface area contributed by atoms with Gasteiger partial charge in [-0.1, -0.05) is 50.3 Å². The van der Waals surface area contributed by atoms with E-state index in [-0.39, 0.29) is 44.3 Å². The molecule has 8 atom stereocenters. The zero-order valence-corrected chi connectivity index (χ0v) is 27.8. The molecule has 3 unspecified atom stereocenters. The maximum atomic E-state index is 14.7. The van der Waals surface area contributed by atoms with Crippen molar-refractivity contribution in [3.8, 4) is 0 Å². The second kappa shape index (κ2) is 14.6. The fourth-order valence-corrected chi connectivity index (χ4v) is 6.45. The van der Waals surface area contributed by atoms with Gasteiger partial charge in [-0.15, -0.1) is 0 Å². The SMILES string of the molecule is CCC(/C=C(\C)[C@@H](OC(=O)C(OC)(c1ccccc1)C(F)(F)F)[C@](C)(O)CCCC(C)C(=O)[C@@]1(O)C(=O)N[C@]2(O)CCO[C@H]12)C(=O)OC. The predicted octanol–water partition coefficient (Wildman–Crippen LogP) is 2.61. The minimum Gasteiger partial charge on any atom is -0.469 e. The molecule has 1 aromatic rings. The summed E-state index contributed by atoms with van der Waals surface area (Å²) in [6.07, 6.45) is -7.33. The highest BCUT2D eigenvalue weighted by atomic mass is 19.4. The standard InChI is InChI=1S/C33H44F3NO11/c1-7-21(25(39)45-5)18-20(3)24(48-28(41)32(46-6,33(34,35)36)22-13-9-8-10-14-22)29(4,42)15-11-12-19(2)23(38)31(44)26-30(43,16-17-47-26)37-27(31)40/h8-10,13-14,18-19,21,24,26,42-44H,7,11-12,15-17H2,1-6H3,(H,37,40)/b20-18+/t19?,21?,24-,26+,29-,30+,31+,32?/m1/s1. The number of aliphatic hydroxyl groups is 3. The van der Waals surface area contributed by atoms with Crippen LogP contribution in [-0.4, -0.2) is 95.1 Å². The van der Waals surface area contributed by atoms with Crippen LogP contribution in [0.15, 0.2) is 42.0 Å². The highest BCUT2D eigenvalue weighted by Crippen LogP contribution is 2.44. The number of rotatable bonds is 15. The third-order valence-corrected chi connectivity index (χ3v) is 9.18. The molecule has 0 aromatic heterocycles. The van der Waals surface area contributed by atoms with Crippen molar-refractivity contribution in [2.45, 2.75) is 101 Å². The lowest BCUT2D eigenvalue weighted by molar-refractivity contribution is -0.280. The molecule has 1 amide bonds. The van der Waals surface area contributed by atoms with Gasteiger partial charge in [-0.25, -0.2) is 4.79 Å². The number of hydrogen-bond acceptors (Lipinski definition) is 11. The molecule has 2 fully saturated rings. The molecule has 15 heteroatoms. The fourth-order valence-electron chi connectivity index (χ4n) is 6.45. The third-order valence-electron chi connectivity index (χ3n) is 9.18. The van der Waals surface area contributed by atoms with E-state index in [4.69, 9.17) is 18.9 Å². The van der Waals surface area contributed by atoms with Crippen LogP contribution in [-0.2, 0) is 43.7 Å². The number of ketones is 1. The summed E-state index contributed by atoms with van der Waals surface area (Å²) in [4.78, 5) is 51.9. The molecule has 2 saturated heterocycles. The molecule has 0 aliphatic carbocycles. The Balaban J connectivity index is 1.91. The van der Waals surface area contributed by atoms with Crippen molar-refractivity contribution in [3.05, 3.63) is 47.5 Å². The van der Waals surface area contributed by atoms with Crippen molar-refractivity contribution >= 4 is 23.6 Å². The van der Waals surface area contributed by atoms with Crippen LogP contribution in [0.1, 0.15) is 65.4 Å². The lowest BCUT2D eigenvalue weighted by Gasteiger charge is -2.38. The molecule has 4 N–H and O–H groups in total. The van der Waals surface area contributed by atoms with Crippen molar-refractivity contribution in [1.29, 1.82) is 0 Å². The molecule has 268 valence electrons. The summed E-state index contributed by atoms with van der Waals surface area (Å²) in [7, 11) is 1.86. The molecule has 48 heavy (non-hydrogen) atoms. The van der Waals surface area contributed by atoms with Crippen molar-refractivity contribution in [2.24, 2.45) is 11.8 Å². The van der Waals surface area contributed by atoms with Crippen LogP contribution in [0, 0.1) is 11.8 Å². The van der Waals surface area contributed by atoms with E-state index in [9.17, 15) is 47.7 Å². The summed E-state index contributed by atoms with van der Waals surface area (Å²) in [6, 6.07) is 6.13. The molecular weight excluding hydrogens is 643 g/mol. The number of amides is 1. The van der Waals surface area contributed by atoms with Crippen LogP contribution >= 0.6 is 0 Å². The van der Waals surface area contributed by atoms with Gasteiger partial charge in [-0.3, -0.25) is 14.4 Å². The Hall–Kier alpha value is -3.37. The molecule has 0 radical (unpaired) electrons. The van der Waals surface area contributed by atoms with Gasteiger partial charge in [0.05, 0.1) is 19.6 Å². The van der Waals surface area contributed by atoms with Crippen molar-refractivity contribution in [3.63, 3.8) is 0 Å². The zero-order valence-electron chi connectivity index (χ0n) is 27.8. The lowest BCUT2D eigenvalue weighted by atomic mass is 9.80. The van der Waals surface area contributed by atoms with E-state index < -0.39 is 81.9 Å². The average molecular weight is 688 g/mol. The Bertz CT molecular complexity index is 1380. The van der Waals surface area contributed by atoms with Gasteiger partial charge in [0.25, 0.3) is 11.5 Å². The number of Topliss-reactive ketones (excluding diaryl/α,β-unsaturated/α-hetero) is 1. The quantitative estimate of drug-likeness (QED) is 0.121. The first-order chi connectivity index (χ1) is 22.3. The van der Waals surface area contributed by atoms with Gasteiger partial charge in [-0.05, 0) is 45.1 Å². The normalized spacial score (nSPS) is 27.1. The van der Waals surface area contributed by atoms with Gasteiger partial charge < -0.3 is 39.6 Å². The maximum Gasteiger partial charge on any atom is 0.432 e. The van der Waals surface area contributed by atoms with Gasteiger partial charge in [0.2, 0.25) is 5.60 Å². The lowest BCUT2D eigenvalue weighted by Crippen LogP contribution is -2.56. The highest BCUT2D eigenvalue weighted by Gasteiger charge is 2.69. The number of carbonyl (C=O) groups is 4. The van der Waals surface area contributed by atoms with Gasteiger partial charge in [0.1, 0.15) is 11.7 Å². The molecule has 2 aliphatic heterocycles. The van der Waals surface area contributed by atoms with Crippen LogP contribution < -0.4 is 5.32 Å². The van der Waals surface area contributed by atoms with Crippen LogP contribution in [0.2, 0.25) is 0 Å². The first-order valence-electron chi connectivity index (χ1n) is 15.6. The van der Waals surface area contributed by atoms with E-state index in [0.717, 1.165) is 19.2 Å². The first kappa shape index (κ1) is 39.1. The van der Waals surface area contributed by atoms with Crippen LogP contribution in [0.3, 0.4) is 0 Å². The van der Waals surface area contributed by atoms with Gasteiger partial charge in [-0.2, -0.15) is 13.2 Å². The molecule has 2 aliphatic rings. The number of halogens is 3. The molecule has 0 bridgehead atoms. The molecular formula is C33H44F3NO11. The van der Waals surface area contributed by atoms with Crippen molar-refractivity contribution in [1.82, 2.24) is 5.32 Å². The van der Waals surface area contributed by atoms with E-state index >= 15 is 0 Å². The number of alkyl halides is 3. The monoisotopic (exact) mass is 687 g/mol. The second-order valence-corrected chi connectivity index (χ2v) is 12.6. The van der Waals surface area contributed by atoms with E-state index in [2.05, 4.69) is 5.32 Å². The minimum absolute atomic E-state index is 0.000896. The Morgan fingerprint density at radius 1 is 1.17 bits per heavy atom.